The number of methoxy groups -OCH3 is 1. The number of anilines is 1. The first kappa shape index (κ1) is 16.0. The number of hydrogen-bond donors (Lipinski definition) is 0. The number of aryl methyl sites for hydroxylation is 1. The molecule has 1 amide bonds. The maximum Gasteiger partial charge on any atom is 0.243 e. The van der Waals surface area contributed by atoms with Gasteiger partial charge in [-0.25, -0.2) is 0 Å². The highest BCUT2D eigenvalue weighted by Gasteiger charge is 2.19. The molecule has 0 aliphatic heterocycles. The molecule has 0 radical (unpaired) electrons. The van der Waals surface area contributed by atoms with Gasteiger partial charge in [0.25, 0.3) is 0 Å². The van der Waals surface area contributed by atoms with E-state index in [0.29, 0.717) is 13.2 Å². The fraction of sp³-hybridized carbons (Fsp3) is 0.500. The smallest absolute Gasteiger partial charge is 0.243 e. The molecule has 19 heavy (non-hydrogen) atoms. The fourth-order valence-corrected chi connectivity index (χ4v) is 2.04. The standard InChI is InChI=1S/C14H20ClNO3/c1-4-19-10-16(13(17)8-15)14-11(2)6-5-7-12(14)9-18-3/h5-7H,4,8-10H2,1-3H3. The third kappa shape index (κ3) is 4.20. The molecule has 0 heterocycles. The van der Waals surface area contributed by atoms with Crippen molar-refractivity contribution in [2.24, 2.45) is 0 Å². The Morgan fingerprint density at radius 1 is 1.42 bits per heavy atom. The molecule has 0 spiro atoms. The van der Waals surface area contributed by atoms with Gasteiger partial charge in [-0.05, 0) is 19.4 Å². The zero-order chi connectivity index (χ0) is 14.3. The van der Waals surface area contributed by atoms with Crippen LogP contribution in [0.1, 0.15) is 18.1 Å². The van der Waals surface area contributed by atoms with E-state index in [-0.39, 0.29) is 18.5 Å². The number of para-hydroxylation sites is 1. The average Bonchev–Trinajstić information content (AvgIpc) is 2.41. The second-order valence-corrected chi connectivity index (χ2v) is 4.36. The quantitative estimate of drug-likeness (QED) is 0.571. The van der Waals surface area contributed by atoms with Crippen LogP contribution < -0.4 is 4.90 Å². The van der Waals surface area contributed by atoms with Crippen LogP contribution in [0.2, 0.25) is 0 Å². The van der Waals surface area contributed by atoms with Gasteiger partial charge in [0.2, 0.25) is 5.91 Å². The first-order valence-corrected chi connectivity index (χ1v) is 6.70. The van der Waals surface area contributed by atoms with Crippen molar-refractivity contribution in [1.29, 1.82) is 0 Å². The summed E-state index contributed by atoms with van der Waals surface area (Å²) in [6.07, 6.45) is 0. The lowest BCUT2D eigenvalue weighted by atomic mass is 10.1. The van der Waals surface area contributed by atoms with Crippen molar-refractivity contribution in [3.05, 3.63) is 29.3 Å². The van der Waals surface area contributed by atoms with Crippen molar-refractivity contribution in [1.82, 2.24) is 0 Å². The number of alkyl halides is 1. The van der Waals surface area contributed by atoms with Crippen LogP contribution in [0, 0.1) is 6.92 Å². The van der Waals surface area contributed by atoms with E-state index < -0.39 is 0 Å². The van der Waals surface area contributed by atoms with E-state index in [2.05, 4.69) is 0 Å². The van der Waals surface area contributed by atoms with Crippen molar-refractivity contribution < 1.29 is 14.3 Å². The molecule has 0 unspecified atom stereocenters. The Balaban J connectivity index is 3.15. The maximum atomic E-state index is 12.0. The summed E-state index contributed by atoms with van der Waals surface area (Å²) >= 11 is 5.68. The molecule has 0 aliphatic carbocycles. The molecule has 0 fully saturated rings. The summed E-state index contributed by atoms with van der Waals surface area (Å²) in [5.41, 5.74) is 2.76. The number of carbonyl (C=O) groups excluding carboxylic acids is 1. The lowest BCUT2D eigenvalue weighted by molar-refractivity contribution is -0.117. The van der Waals surface area contributed by atoms with E-state index in [1.54, 1.807) is 12.0 Å². The van der Waals surface area contributed by atoms with Gasteiger partial charge in [-0.1, -0.05) is 18.2 Å². The van der Waals surface area contributed by atoms with E-state index in [4.69, 9.17) is 21.1 Å². The topological polar surface area (TPSA) is 38.8 Å². The van der Waals surface area contributed by atoms with Gasteiger partial charge in [0.1, 0.15) is 12.6 Å². The average molecular weight is 286 g/mol. The van der Waals surface area contributed by atoms with Gasteiger partial charge < -0.3 is 9.47 Å². The Kier molecular flexibility index (Phi) is 6.84. The molecule has 1 rings (SSSR count). The molecule has 0 N–H and O–H groups in total. The van der Waals surface area contributed by atoms with Gasteiger partial charge in [-0.3, -0.25) is 9.69 Å². The maximum absolute atomic E-state index is 12.0. The number of carbonyl (C=O) groups is 1. The molecule has 1 aromatic carbocycles. The summed E-state index contributed by atoms with van der Waals surface area (Å²) in [4.78, 5) is 13.6. The highest BCUT2D eigenvalue weighted by atomic mass is 35.5. The molecule has 0 atom stereocenters. The zero-order valence-corrected chi connectivity index (χ0v) is 12.4. The van der Waals surface area contributed by atoms with Gasteiger partial charge in [-0.15, -0.1) is 11.6 Å². The molecular formula is C14H20ClNO3. The van der Waals surface area contributed by atoms with Gasteiger partial charge >= 0.3 is 0 Å². The number of halogens is 1. The first-order valence-electron chi connectivity index (χ1n) is 6.17. The van der Waals surface area contributed by atoms with Crippen molar-refractivity contribution in [3.63, 3.8) is 0 Å². The molecular weight excluding hydrogens is 266 g/mol. The Labute approximate surface area is 119 Å². The van der Waals surface area contributed by atoms with Crippen molar-refractivity contribution in [3.8, 4) is 0 Å². The number of amides is 1. The zero-order valence-electron chi connectivity index (χ0n) is 11.6. The van der Waals surface area contributed by atoms with E-state index in [9.17, 15) is 4.79 Å². The van der Waals surface area contributed by atoms with E-state index in [1.807, 2.05) is 32.0 Å². The van der Waals surface area contributed by atoms with Crippen LogP contribution in [-0.2, 0) is 20.9 Å². The van der Waals surface area contributed by atoms with Gasteiger partial charge in [0, 0.05) is 19.3 Å². The number of benzene rings is 1. The third-order valence-corrected chi connectivity index (χ3v) is 2.96. The Morgan fingerprint density at radius 2 is 2.16 bits per heavy atom. The van der Waals surface area contributed by atoms with Crippen LogP contribution in [0.5, 0.6) is 0 Å². The Morgan fingerprint density at radius 3 is 2.74 bits per heavy atom. The molecule has 0 saturated heterocycles. The van der Waals surface area contributed by atoms with Crippen molar-refractivity contribution in [2.75, 3.05) is 31.2 Å². The Bertz CT molecular complexity index is 423. The van der Waals surface area contributed by atoms with Crippen LogP contribution in [0.15, 0.2) is 18.2 Å². The van der Waals surface area contributed by atoms with Gasteiger partial charge in [-0.2, -0.15) is 0 Å². The van der Waals surface area contributed by atoms with Crippen LogP contribution in [-0.4, -0.2) is 32.2 Å². The molecule has 0 aromatic heterocycles. The first-order chi connectivity index (χ1) is 9.15. The minimum atomic E-state index is -0.179. The minimum absolute atomic E-state index is 0.0756. The number of hydrogen-bond acceptors (Lipinski definition) is 3. The summed E-state index contributed by atoms with van der Waals surface area (Å²) in [7, 11) is 1.63. The summed E-state index contributed by atoms with van der Waals surface area (Å²) in [6, 6.07) is 5.83. The molecule has 0 bridgehead atoms. The predicted molar refractivity (Wildman–Crippen MR) is 76.6 cm³/mol. The van der Waals surface area contributed by atoms with E-state index in [1.165, 1.54) is 0 Å². The van der Waals surface area contributed by atoms with Crippen LogP contribution >= 0.6 is 11.6 Å². The predicted octanol–water partition coefficient (Wildman–Crippen LogP) is 2.71. The van der Waals surface area contributed by atoms with Crippen LogP contribution in [0.4, 0.5) is 5.69 Å². The Hall–Kier alpha value is -1.10. The normalized spacial score (nSPS) is 10.5. The summed E-state index contributed by atoms with van der Waals surface area (Å²) in [5, 5.41) is 0. The molecule has 0 saturated carbocycles. The lowest BCUT2D eigenvalue weighted by Crippen LogP contribution is -2.35. The SMILES string of the molecule is CCOCN(C(=O)CCl)c1c(C)cccc1COC. The lowest BCUT2D eigenvalue weighted by Gasteiger charge is -2.26. The largest absolute Gasteiger partial charge is 0.380 e. The highest BCUT2D eigenvalue weighted by Crippen LogP contribution is 2.26. The molecule has 5 heteroatoms. The minimum Gasteiger partial charge on any atom is -0.380 e. The summed E-state index contributed by atoms with van der Waals surface area (Å²) in [6.45, 7) is 5.02. The number of ether oxygens (including phenoxy) is 2. The van der Waals surface area contributed by atoms with E-state index >= 15 is 0 Å². The molecule has 106 valence electrons. The monoisotopic (exact) mass is 285 g/mol. The van der Waals surface area contributed by atoms with Gasteiger partial charge in [0.05, 0.1) is 12.3 Å². The van der Waals surface area contributed by atoms with Crippen LogP contribution in [0.25, 0.3) is 0 Å². The third-order valence-electron chi connectivity index (χ3n) is 2.73. The van der Waals surface area contributed by atoms with E-state index in [0.717, 1.165) is 16.8 Å². The second-order valence-electron chi connectivity index (χ2n) is 4.09. The number of rotatable bonds is 7. The molecule has 1 aromatic rings. The summed E-state index contributed by atoms with van der Waals surface area (Å²) < 4.78 is 10.5. The fourth-order valence-electron chi connectivity index (χ4n) is 1.89. The summed E-state index contributed by atoms with van der Waals surface area (Å²) in [5.74, 6) is -0.254. The molecule has 0 aliphatic rings. The van der Waals surface area contributed by atoms with Gasteiger partial charge in [0.15, 0.2) is 0 Å². The molecule has 4 nitrogen and oxygen atoms in total. The van der Waals surface area contributed by atoms with Crippen molar-refractivity contribution >= 4 is 23.2 Å². The highest BCUT2D eigenvalue weighted by molar-refractivity contribution is 6.29. The van der Waals surface area contributed by atoms with Crippen molar-refractivity contribution in [2.45, 2.75) is 20.5 Å². The number of nitrogens with zero attached hydrogens (tertiary/aromatic N) is 1. The second kappa shape index (κ2) is 8.15. The van der Waals surface area contributed by atoms with Crippen LogP contribution in [0.3, 0.4) is 0 Å².